The number of benzene rings is 1. The van der Waals surface area contributed by atoms with Gasteiger partial charge in [0.25, 0.3) is 0 Å². The number of hydrogen-bond acceptors (Lipinski definition) is 0. The molecule has 0 N–H and O–H groups in total. The van der Waals surface area contributed by atoms with Gasteiger partial charge in [-0.1, -0.05) is 0 Å². The first kappa shape index (κ1) is 8.18. The number of fused-ring (bicyclic) bond motifs is 1. The molecule has 0 fully saturated rings. The molecule has 2 rings (SSSR count). The van der Waals surface area contributed by atoms with Crippen molar-refractivity contribution in [2.75, 3.05) is 0 Å². The summed E-state index contributed by atoms with van der Waals surface area (Å²) in [5.74, 6) is 0. The molecule has 0 aliphatic rings. The predicted octanol–water partition coefficient (Wildman–Crippen LogP) is -1.30. The van der Waals surface area contributed by atoms with Gasteiger partial charge in [-0.3, -0.25) is 0 Å². The summed E-state index contributed by atoms with van der Waals surface area (Å²) in [4.78, 5) is 2.14. The van der Waals surface area contributed by atoms with Crippen LogP contribution in [0.25, 0.3) is 9.65 Å². The topological polar surface area (TPSA) is 0 Å². The van der Waals surface area contributed by atoms with Crippen LogP contribution in [0.5, 0.6) is 0 Å². The van der Waals surface area contributed by atoms with Crippen molar-refractivity contribution in [3.63, 3.8) is 0 Å². The molecule has 0 amide bonds. The maximum absolute atomic E-state index is 3.20. The fraction of sp³-hybridized carbons (Fsp3) is 0. The van der Waals surface area contributed by atoms with Gasteiger partial charge in [0.2, 0.25) is 0 Å². The van der Waals surface area contributed by atoms with Gasteiger partial charge in [-0.25, -0.2) is 0 Å². The van der Waals surface area contributed by atoms with Crippen molar-refractivity contribution < 1.29 is 18.9 Å². The van der Waals surface area contributed by atoms with Crippen molar-refractivity contribution in [2.24, 2.45) is 0 Å². The van der Waals surface area contributed by atoms with Crippen LogP contribution in [0, 0.1) is 6.07 Å². The van der Waals surface area contributed by atoms with Crippen LogP contribution >= 0.6 is 0 Å². The van der Waals surface area contributed by atoms with Crippen molar-refractivity contribution in [1.82, 2.24) is 0 Å². The number of rotatable bonds is 0. The van der Waals surface area contributed by atoms with Crippen molar-refractivity contribution in [3.05, 3.63) is 35.3 Å². The molecule has 0 unspecified atom stereocenters. The van der Waals surface area contributed by atoms with E-state index >= 15 is 0 Å². The van der Waals surface area contributed by atoms with E-state index in [9.17, 15) is 0 Å². The minimum absolute atomic E-state index is 0. The molecule has 0 radical (unpaired) electrons. The van der Waals surface area contributed by atoms with Crippen LogP contribution in [0.1, 0.15) is 0 Å². The summed E-state index contributed by atoms with van der Waals surface area (Å²) in [6.45, 7) is 0. The Kier molecular flexibility index (Phi) is 2.83. The first-order valence-electron chi connectivity index (χ1n) is 2.81. The van der Waals surface area contributed by atoms with Gasteiger partial charge >= 0.3 is 78.3 Å². The Hall–Kier alpha value is 0.0769. The molecule has 2 aromatic rings. The standard InChI is InChI=1S/C8H5Se.Li/c1-2-4-8-7(3-1)5-6-9-8;/h1-4,6H;/q-1;+1. The molecular formula is C8H5LiSe. The summed E-state index contributed by atoms with van der Waals surface area (Å²) in [5, 5.41) is 1.29. The van der Waals surface area contributed by atoms with E-state index in [0.717, 1.165) is 0 Å². The normalized spacial score (nSPS) is 9.20. The summed E-state index contributed by atoms with van der Waals surface area (Å²) in [6.07, 6.45) is 0. The van der Waals surface area contributed by atoms with Crippen molar-refractivity contribution in [3.8, 4) is 0 Å². The van der Waals surface area contributed by atoms with Gasteiger partial charge in [-0.15, -0.1) is 0 Å². The Labute approximate surface area is 78.2 Å². The monoisotopic (exact) mass is 188 g/mol. The van der Waals surface area contributed by atoms with Gasteiger partial charge in [-0.05, 0) is 0 Å². The van der Waals surface area contributed by atoms with Crippen molar-refractivity contribution in [2.45, 2.75) is 0 Å². The molecule has 1 heterocycles. The Bertz CT molecular complexity index is 283. The molecule has 0 atom stereocenters. The molecule has 0 nitrogen and oxygen atoms in total. The van der Waals surface area contributed by atoms with Gasteiger partial charge in [0.1, 0.15) is 0 Å². The molecule has 0 aliphatic carbocycles. The van der Waals surface area contributed by atoms with Crippen LogP contribution in [-0.2, 0) is 0 Å². The van der Waals surface area contributed by atoms with Gasteiger partial charge in [0.15, 0.2) is 0 Å². The number of hydrogen-bond donors (Lipinski definition) is 0. The van der Waals surface area contributed by atoms with Crippen molar-refractivity contribution in [1.29, 1.82) is 0 Å². The van der Waals surface area contributed by atoms with Gasteiger partial charge in [-0.2, -0.15) is 0 Å². The molecule has 0 spiro atoms. The summed E-state index contributed by atoms with van der Waals surface area (Å²) in [6, 6.07) is 11.6. The Morgan fingerprint density at radius 3 is 2.80 bits per heavy atom. The van der Waals surface area contributed by atoms with Crippen LogP contribution in [-0.4, -0.2) is 14.5 Å². The summed E-state index contributed by atoms with van der Waals surface area (Å²) >= 11 is 0.566. The second kappa shape index (κ2) is 3.46. The third-order valence-electron chi connectivity index (χ3n) is 1.29. The van der Waals surface area contributed by atoms with E-state index in [4.69, 9.17) is 0 Å². The summed E-state index contributed by atoms with van der Waals surface area (Å²) in [7, 11) is 0. The third kappa shape index (κ3) is 1.39. The van der Waals surface area contributed by atoms with E-state index in [-0.39, 0.29) is 18.9 Å². The molecule has 0 saturated heterocycles. The second-order valence-electron chi connectivity index (χ2n) is 1.88. The van der Waals surface area contributed by atoms with E-state index in [0.29, 0.717) is 14.5 Å². The molecular weight excluding hydrogens is 182 g/mol. The fourth-order valence-corrected chi connectivity index (χ4v) is 2.36. The minimum atomic E-state index is 0. The van der Waals surface area contributed by atoms with E-state index < -0.39 is 0 Å². The Morgan fingerprint density at radius 2 is 2.00 bits per heavy atom. The quantitative estimate of drug-likeness (QED) is 0.355. The molecule has 10 heavy (non-hydrogen) atoms. The van der Waals surface area contributed by atoms with Crippen LogP contribution in [0.4, 0.5) is 0 Å². The molecule has 1 aromatic heterocycles. The van der Waals surface area contributed by atoms with E-state index in [1.165, 1.54) is 9.65 Å². The van der Waals surface area contributed by atoms with Crippen LogP contribution in [0.3, 0.4) is 0 Å². The molecule has 2 heteroatoms. The maximum atomic E-state index is 3.20. The van der Waals surface area contributed by atoms with E-state index in [1.807, 2.05) is 0 Å². The Balaban J connectivity index is 0.000000500. The van der Waals surface area contributed by atoms with Crippen molar-refractivity contribution >= 4 is 24.1 Å². The SMILES string of the molecule is [Li+].[c-]1c[se]c2ccccc12. The molecule has 0 aliphatic heterocycles. The first-order chi connectivity index (χ1) is 4.47. The van der Waals surface area contributed by atoms with Crippen LogP contribution in [0.2, 0.25) is 0 Å². The average molecular weight is 187 g/mol. The van der Waals surface area contributed by atoms with Gasteiger partial charge < -0.3 is 0 Å². The van der Waals surface area contributed by atoms with Gasteiger partial charge in [0.05, 0.1) is 0 Å². The first-order valence-corrected chi connectivity index (χ1v) is 4.65. The molecule has 0 bridgehead atoms. The van der Waals surface area contributed by atoms with E-state index in [1.54, 1.807) is 0 Å². The predicted molar refractivity (Wildman–Crippen MR) is 39.7 cm³/mol. The van der Waals surface area contributed by atoms with Crippen LogP contribution in [0.15, 0.2) is 29.2 Å². The fourth-order valence-electron chi connectivity index (χ4n) is 0.845. The average Bonchev–Trinajstić information content (AvgIpc) is 2.33. The van der Waals surface area contributed by atoms with Gasteiger partial charge in [0, 0.05) is 0 Å². The molecule has 1 aromatic carbocycles. The summed E-state index contributed by atoms with van der Waals surface area (Å²) < 4.78 is 1.46. The zero-order valence-corrected chi connectivity index (χ0v) is 7.51. The zero-order valence-electron chi connectivity index (χ0n) is 5.79. The summed E-state index contributed by atoms with van der Waals surface area (Å²) in [5.41, 5.74) is 0. The molecule has 44 valence electrons. The Morgan fingerprint density at radius 1 is 1.20 bits per heavy atom. The second-order valence-corrected chi connectivity index (χ2v) is 3.79. The van der Waals surface area contributed by atoms with E-state index in [2.05, 4.69) is 35.3 Å². The zero-order chi connectivity index (χ0) is 6.10. The van der Waals surface area contributed by atoms with Crippen LogP contribution < -0.4 is 18.9 Å². The third-order valence-corrected chi connectivity index (χ3v) is 3.06. The molecule has 0 saturated carbocycles.